The lowest BCUT2D eigenvalue weighted by molar-refractivity contribution is 0.568. The summed E-state index contributed by atoms with van der Waals surface area (Å²) in [6, 6.07) is 14.0. The zero-order valence-electron chi connectivity index (χ0n) is 13.7. The number of hydrogen-bond acceptors (Lipinski definition) is 5. The standard InChI is InChI=1S/C20H18N4O/c21-11-16-19(15-10-12(22)7-8-17(15)24-20(16)23)14-5-2-1-4-13(14)18-6-3-9-25-18/h1-6,9,12H,7-8,10,22H2,(H2,23,24). The molecule has 2 aromatic heterocycles. The van der Waals surface area contributed by atoms with Crippen molar-refractivity contribution in [3.63, 3.8) is 0 Å². The van der Waals surface area contributed by atoms with Crippen molar-refractivity contribution in [3.05, 3.63) is 59.5 Å². The maximum atomic E-state index is 9.72. The number of fused-ring (bicyclic) bond motifs is 1. The molecule has 4 rings (SSSR count). The van der Waals surface area contributed by atoms with Crippen molar-refractivity contribution in [1.82, 2.24) is 4.98 Å². The summed E-state index contributed by atoms with van der Waals surface area (Å²) in [4.78, 5) is 4.47. The number of anilines is 1. The fraction of sp³-hybridized carbons (Fsp3) is 0.200. The molecule has 0 bridgehead atoms. The van der Waals surface area contributed by atoms with Crippen LogP contribution in [-0.2, 0) is 12.8 Å². The summed E-state index contributed by atoms with van der Waals surface area (Å²) in [5.41, 5.74) is 17.4. The number of pyridine rings is 1. The maximum absolute atomic E-state index is 9.72. The highest BCUT2D eigenvalue weighted by Gasteiger charge is 2.26. The molecule has 0 fully saturated rings. The van der Waals surface area contributed by atoms with E-state index in [0.717, 1.165) is 46.5 Å². The molecule has 25 heavy (non-hydrogen) atoms. The lowest BCUT2D eigenvalue weighted by Crippen LogP contribution is -2.29. The fourth-order valence-corrected chi connectivity index (χ4v) is 3.56. The van der Waals surface area contributed by atoms with E-state index in [9.17, 15) is 5.26 Å². The Balaban J connectivity index is 2.04. The van der Waals surface area contributed by atoms with Crippen molar-refractivity contribution in [1.29, 1.82) is 5.26 Å². The molecule has 1 aliphatic rings. The van der Waals surface area contributed by atoms with Crippen molar-refractivity contribution in [2.24, 2.45) is 5.73 Å². The summed E-state index contributed by atoms with van der Waals surface area (Å²) in [6.07, 6.45) is 4.00. The summed E-state index contributed by atoms with van der Waals surface area (Å²) >= 11 is 0. The second-order valence-electron chi connectivity index (χ2n) is 6.31. The van der Waals surface area contributed by atoms with Gasteiger partial charge in [0, 0.05) is 22.9 Å². The Bertz CT molecular complexity index is 970. The van der Waals surface area contributed by atoms with Gasteiger partial charge in [-0.15, -0.1) is 0 Å². The molecule has 0 saturated heterocycles. The molecule has 4 N–H and O–H groups in total. The molecule has 1 atom stereocenters. The molecule has 3 aromatic rings. The van der Waals surface area contributed by atoms with Gasteiger partial charge in [-0.1, -0.05) is 24.3 Å². The molecule has 0 amide bonds. The first-order chi connectivity index (χ1) is 12.2. The van der Waals surface area contributed by atoms with Crippen LogP contribution in [0, 0.1) is 11.3 Å². The summed E-state index contributed by atoms with van der Waals surface area (Å²) in [6.45, 7) is 0. The lowest BCUT2D eigenvalue weighted by Gasteiger charge is -2.25. The van der Waals surface area contributed by atoms with Gasteiger partial charge in [0.2, 0.25) is 0 Å². The van der Waals surface area contributed by atoms with Gasteiger partial charge in [-0.2, -0.15) is 5.26 Å². The Kier molecular flexibility index (Phi) is 3.75. The largest absolute Gasteiger partial charge is 0.464 e. The fourth-order valence-electron chi connectivity index (χ4n) is 3.56. The minimum absolute atomic E-state index is 0.0685. The molecule has 0 saturated carbocycles. The first-order valence-electron chi connectivity index (χ1n) is 8.29. The van der Waals surface area contributed by atoms with Gasteiger partial charge in [0.05, 0.1) is 6.26 Å². The first kappa shape index (κ1) is 15.4. The topological polar surface area (TPSA) is 102 Å². The predicted octanol–water partition coefficient (Wildman–Crippen LogP) is 3.28. The van der Waals surface area contributed by atoms with E-state index in [-0.39, 0.29) is 11.9 Å². The van der Waals surface area contributed by atoms with Gasteiger partial charge < -0.3 is 15.9 Å². The molecule has 0 radical (unpaired) electrons. The average Bonchev–Trinajstić information content (AvgIpc) is 3.15. The SMILES string of the molecule is N#Cc1c(N)nc2c(c1-c1ccccc1-c1ccco1)CC(N)CC2. The highest BCUT2D eigenvalue weighted by molar-refractivity contribution is 5.88. The minimum atomic E-state index is 0.0685. The number of benzene rings is 1. The van der Waals surface area contributed by atoms with Gasteiger partial charge in [-0.25, -0.2) is 4.98 Å². The molecule has 1 unspecified atom stereocenters. The van der Waals surface area contributed by atoms with Crippen LogP contribution in [0.2, 0.25) is 0 Å². The number of furan rings is 1. The number of aromatic nitrogens is 1. The zero-order chi connectivity index (χ0) is 17.4. The summed E-state index contributed by atoms with van der Waals surface area (Å²) in [5.74, 6) is 1.03. The van der Waals surface area contributed by atoms with E-state index in [0.29, 0.717) is 12.0 Å². The van der Waals surface area contributed by atoms with Crippen molar-refractivity contribution in [2.75, 3.05) is 5.73 Å². The third-order valence-electron chi connectivity index (χ3n) is 4.72. The Morgan fingerprint density at radius 2 is 1.96 bits per heavy atom. The monoisotopic (exact) mass is 330 g/mol. The van der Waals surface area contributed by atoms with Crippen LogP contribution in [0.15, 0.2) is 47.1 Å². The molecule has 5 nitrogen and oxygen atoms in total. The van der Waals surface area contributed by atoms with Gasteiger partial charge in [-0.05, 0) is 42.5 Å². The van der Waals surface area contributed by atoms with E-state index in [1.807, 2.05) is 36.4 Å². The van der Waals surface area contributed by atoms with Gasteiger partial charge in [0.15, 0.2) is 0 Å². The van der Waals surface area contributed by atoms with Crippen LogP contribution in [0.1, 0.15) is 23.2 Å². The van der Waals surface area contributed by atoms with Gasteiger partial charge in [-0.3, -0.25) is 0 Å². The number of nitrogens with zero attached hydrogens (tertiary/aromatic N) is 2. The number of nitriles is 1. The van der Waals surface area contributed by atoms with Crippen LogP contribution in [-0.4, -0.2) is 11.0 Å². The second kappa shape index (κ2) is 6.08. The third kappa shape index (κ3) is 2.57. The van der Waals surface area contributed by atoms with E-state index >= 15 is 0 Å². The molecule has 124 valence electrons. The molecule has 0 aliphatic heterocycles. The number of aryl methyl sites for hydroxylation is 1. The zero-order valence-corrected chi connectivity index (χ0v) is 13.7. The Morgan fingerprint density at radius 1 is 1.16 bits per heavy atom. The quantitative estimate of drug-likeness (QED) is 0.750. The number of nitrogen functional groups attached to an aromatic ring is 1. The molecular formula is C20H18N4O. The van der Waals surface area contributed by atoms with Crippen LogP contribution in [0.4, 0.5) is 5.82 Å². The lowest BCUT2D eigenvalue weighted by atomic mass is 9.83. The number of hydrogen-bond donors (Lipinski definition) is 2. The highest BCUT2D eigenvalue weighted by atomic mass is 16.3. The molecule has 1 aromatic carbocycles. The van der Waals surface area contributed by atoms with E-state index in [4.69, 9.17) is 15.9 Å². The van der Waals surface area contributed by atoms with Gasteiger partial charge >= 0.3 is 0 Å². The molecular weight excluding hydrogens is 312 g/mol. The molecule has 1 aliphatic carbocycles. The van der Waals surface area contributed by atoms with E-state index in [1.165, 1.54) is 0 Å². The van der Waals surface area contributed by atoms with Crippen molar-refractivity contribution in [2.45, 2.75) is 25.3 Å². The molecule has 2 heterocycles. The van der Waals surface area contributed by atoms with Crippen molar-refractivity contribution < 1.29 is 4.42 Å². The smallest absolute Gasteiger partial charge is 0.142 e. The Hall–Kier alpha value is -3.10. The first-order valence-corrected chi connectivity index (χ1v) is 8.29. The Morgan fingerprint density at radius 3 is 2.68 bits per heavy atom. The number of nitrogens with two attached hydrogens (primary N) is 2. The highest BCUT2D eigenvalue weighted by Crippen LogP contribution is 2.40. The van der Waals surface area contributed by atoms with E-state index in [1.54, 1.807) is 6.26 Å². The minimum Gasteiger partial charge on any atom is -0.464 e. The molecule has 5 heteroatoms. The van der Waals surface area contributed by atoms with Gasteiger partial charge in [0.1, 0.15) is 23.2 Å². The molecule has 0 spiro atoms. The van der Waals surface area contributed by atoms with Crippen LogP contribution in [0.3, 0.4) is 0 Å². The van der Waals surface area contributed by atoms with Crippen molar-refractivity contribution >= 4 is 5.82 Å². The van der Waals surface area contributed by atoms with E-state index in [2.05, 4.69) is 11.1 Å². The van der Waals surface area contributed by atoms with Crippen LogP contribution >= 0.6 is 0 Å². The van der Waals surface area contributed by atoms with Crippen LogP contribution < -0.4 is 11.5 Å². The van der Waals surface area contributed by atoms with Crippen LogP contribution in [0.25, 0.3) is 22.5 Å². The maximum Gasteiger partial charge on any atom is 0.142 e. The van der Waals surface area contributed by atoms with Crippen molar-refractivity contribution in [3.8, 4) is 28.5 Å². The summed E-state index contributed by atoms with van der Waals surface area (Å²) in [5, 5.41) is 9.72. The number of rotatable bonds is 2. The van der Waals surface area contributed by atoms with E-state index < -0.39 is 0 Å². The van der Waals surface area contributed by atoms with Crippen LogP contribution in [0.5, 0.6) is 0 Å². The summed E-state index contributed by atoms with van der Waals surface area (Å²) in [7, 11) is 0. The normalized spacial score (nSPS) is 16.2. The average molecular weight is 330 g/mol. The predicted molar refractivity (Wildman–Crippen MR) is 96.5 cm³/mol. The third-order valence-corrected chi connectivity index (χ3v) is 4.72. The second-order valence-corrected chi connectivity index (χ2v) is 6.31. The Labute approximate surface area is 145 Å². The van der Waals surface area contributed by atoms with Gasteiger partial charge in [0.25, 0.3) is 0 Å². The summed E-state index contributed by atoms with van der Waals surface area (Å²) < 4.78 is 5.60.